The van der Waals surface area contributed by atoms with Gasteiger partial charge in [0.1, 0.15) is 0 Å². The highest BCUT2D eigenvalue weighted by atomic mass is 32.1. The standard InChI is InChI=1S/C16H26N2O2S/c1-5-13-17-11(2)15(21-13)12(3)18(4)14(19)10-16(20)8-6-7-9-16/h12,20H,5-10H2,1-4H3. The van der Waals surface area contributed by atoms with Gasteiger partial charge in [0.15, 0.2) is 0 Å². The lowest BCUT2D eigenvalue weighted by atomic mass is 9.97. The molecule has 0 radical (unpaired) electrons. The number of rotatable bonds is 5. The van der Waals surface area contributed by atoms with Crippen molar-refractivity contribution in [3.63, 3.8) is 0 Å². The van der Waals surface area contributed by atoms with Gasteiger partial charge in [-0.05, 0) is 33.1 Å². The van der Waals surface area contributed by atoms with E-state index in [-0.39, 0.29) is 18.4 Å². The van der Waals surface area contributed by atoms with E-state index in [0.717, 1.165) is 47.7 Å². The highest BCUT2D eigenvalue weighted by Crippen LogP contribution is 2.34. The fourth-order valence-corrected chi connectivity index (χ4v) is 4.12. The Balaban J connectivity index is 2.05. The molecular formula is C16H26N2O2S. The molecule has 21 heavy (non-hydrogen) atoms. The molecule has 1 aromatic rings. The summed E-state index contributed by atoms with van der Waals surface area (Å²) in [7, 11) is 1.83. The highest BCUT2D eigenvalue weighted by Gasteiger charge is 2.35. The predicted molar refractivity (Wildman–Crippen MR) is 85.4 cm³/mol. The summed E-state index contributed by atoms with van der Waals surface area (Å²) in [6, 6.07) is 0.0142. The van der Waals surface area contributed by atoms with Crippen molar-refractivity contribution in [2.24, 2.45) is 0 Å². The maximum atomic E-state index is 12.5. The van der Waals surface area contributed by atoms with E-state index in [9.17, 15) is 9.90 Å². The van der Waals surface area contributed by atoms with Crippen LogP contribution in [0.4, 0.5) is 0 Å². The molecule has 1 aliphatic rings. The van der Waals surface area contributed by atoms with Crippen molar-refractivity contribution < 1.29 is 9.90 Å². The van der Waals surface area contributed by atoms with Gasteiger partial charge in [0.2, 0.25) is 5.91 Å². The second-order valence-electron chi connectivity index (χ2n) is 6.20. The summed E-state index contributed by atoms with van der Waals surface area (Å²) >= 11 is 1.69. The fraction of sp³-hybridized carbons (Fsp3) is 0.750. The largest absolute Gasteiger partial charge is 0.389 e. The van der Waals surface area contributed by atoms with Crippen LogP contribution in [0.1, 0.15) is 67.6 Å². The molecule has 0 spiro atoms. The zero-order valence-corrected chi connectivity index (χ0v) is 14.3. The summed E-state index contributed by atoms with van der Waals surface area (Å²) in [5.41, 5.74) is 0.242. The van der Waals surface area contributed by atoms with Gasteiger partial charge in [-0.25, -0.2) is 4.98 Å². The molecule has 1 heterocycles. The first kappa shape index (κ1) is 16.4. The number of aliphatic hydroxyl groups is 1. The number of thiazole rings is 1. The molecule has 1 atom stereocenters. The summed E-state index contributed by atoms with van der Waals surface area (Å²) in [5.74, 6) is 0.0257. The van der Waals surface area contributed by atoms with Gasteiger partial charge in [0.05, 0.1) is 28.8 Å². The Labute approximate surface area is 131 Å². The van der Waals surface area contributed by atoms with E-state index in [1.807, 2.05) is 20.9 Å². The van der Waals surface area contributed by atoms with Gasteiger partial charge in [0, 0.05) is 11.9 Å². The fourth-order valence-electron chi connectivity index (χ4n) is 3.01. The Morgan fingerprint density at radius 2 is 2.10 bits per heavy atom. The Hall–Kier alpha value is -0.940. The summed E-state index contributed by atoms with van der Waals surface area (Å²) < 4.78 is 0. The van der Waals surface area contributed by atoms with Crippen LogP contribution in [0.2, 0.25) is 0 Å². The van der Waals surface area contributed by atoms with Gasteiger partial charge in [-0.1, -0.05) is 19.8 Å². The van der Waals surface area contributed by atoms with E-state index < -0.39 is 5.60 Å². The van der Waals surface area contributed by atoms with Gasteiger partial charge in [-0.2, -0.15) is 0 Å². The Bertz CT molecular complexity index is 506. The third kappa shape index (κ3) is 3.64. The molecule has 0 saturated heterocycles. The molecule has 118 valence electrons. The van der Waals surface area contributed by atoms with Crippen molar-refractivity contribution in [2.75, 3.05) is 7.05 Å². The normalized spacial score (nSPS) is 18.7. The van der Waals surface area contributed by atoms with Crippen LogP contribution < -0.4 is 0 Å². The molecule has 2 rings (SSSR count). The Morgan fingerprint density at radius 3 is 2.62 bits per heavy atom. The van der Waals surface area contributed by atoms with Crippen LogP contribution in [0, 0.1) is 6.92 Å². The van der Waals surface area contributed by atoms with Gasteiger partial charge >= 0.3 is 0 Å². The van der Waals surface area contributed by atoms with Gasteiger partial charge in [-0.15, -0.1) is 11.3 Å². The first-order valence-electron chi connectivity index (χ1n) is 7.80. The number of carbonyl (C=O) groups is 1. The molecule has 0 bridgehead atoms. The molecule has 1 amide bonds. The van der Waals surface area contributed by atoms with Crippen LogP contribution in [0.15, 0.2) is 0 Å². The smallest absolute Gasteiger partial charge is 0.225 e. The molecule has 1 fully saturated rings. The molecule has 1 aromatic heterocycles. The number of hydrogen-bond donors (Lipinski definition) is 1. The average Bonchev–Trinajstić information content (AvgIpc) is 3.03. The van der Waals surface area contributed by atoms with E-state index in [4.69, 9.17) is 0 Å². The Morgan fingerprint density at radius 1 is 1.48 bits per heavy atom. The Kier molecular flexibility index (Phi) is 5.04. The third-order valence-corrected chi connectivity index (χ3v) is 6.02. The van der Waals surface area contributed by atoms with Crippen LogP contribution in [0.5, 0.6) is 0 Å². The second-order valence-corrected chi connectivity index (χ2v) is 7.31. The number of aryl methyl sites for hydroxylation is 2. The van der Waals surface area contributed by atoms with Gasteiger partial charge in [-0.3, -0.25) is 4.79 Å². The van der Waals surface area contributed by atoms with Crippen LogP contribution in [0.25, 0.3) is 0 Å². The summed E-state index contributed by atoms with van der Waals surface area (Å²) in [6.45, 7) is 6.14. The minimum Gasteiger partial charge on any atom is -0.389 e. The number of carbonyl (C=O) groups excluding carboxylic acids is 1. The molecule has 1 unspecified atom stereocenters. The van der Waals surface area contributed by atoms with Crippen LogP contribution in [-0.2, 0) is 11.2 Å². The highest BCUT2D eigenvalue weighted by molar-refractivity contribution is 7.11. The SMILES string of the molecule is CCc1nc(C)c(C(C)N(C)C(=O)CC2(O)CCCC2)s1. The van der Waals surface area contributed by atoms with Crippen molar-refractivity contribution in [1.29, 1.82) is 0 Å². The number of aromatic nitrogens is 1. The average molecular weight is 310 g/mol. The van der Waals surface area contributed by atoms with E-state index in [1.54, 1.807) is 16.2 Å². The summed E-state index contributed by atoms with van der Waals surface area (Å²) in [5, 5.41) is 11.5. The minimum atomic E-state index is -0.775. The molecule has 4 nitrogen and oxygen atoms in total. The molecule has 1 N–H and O–H groups in total. The van der Waals surface area contributed by atoms with E-state index in [0.29, 0.717) is 0 Å². The predicted octanol–water partition coefficient (Wildman–Crippen LogP) is 3.23. The van der Waals surface area contributed by atoms with Crippen molar-refractivity contribution in [3.05, 3.63) is 15.6 Å². The lowest BCUT2D eigenvalue weighted by molar-refractivity contribution is -0.136. The van der Waals surface area contributed by atoms with Crippen LogP contribution in [-0.4, -0.2) is 33.5 Å². The number of nitrogens with zero attached hydrogens (tertiary/aromatic N) is 2. The maximum absolute atomic E-state index is 12.5. The van der Waals surface area contributed by atoms with Gasteiger partial charge < -0.3 is 10.0 Å². The number of amides is 1. The van der Waals surface area contributed by atoms with Gasteiger partial charge in [0.25, 0.3) is 0 Å². The van der Waals surface area contributed by atoms with E-state index in [1.165, 1.54) is 0 Å². The summed E-state index contributed by atoms with van der Waals surface area (Å²) in [4.78, 5) is 19.9. The molecule has 5 heteroatoms. The quantitative estimate of drug-likeness (QED) is 0.908. The van der Waals surface area contributed by atoms with E-state index >= 15 is 0 Å². The number of hydrogen-bond acceptors (Lipinski definition) is 4. The molecule has 0 aromatic carbocycles. The second kappa shape index (κ2) is 6.44. The topological polar surface area (TPSA) is 53.4 Å². The first-order chi connectivity index (χ1) is 9.86. The molecule has 1 aliphatic carbocycles. The van der Waals surface area contributed by atoms with E-state index in [2.05, 4.69) is 11.9 Å². The molecular weight excluding hydrogens is 284 g/mol. The zero-order valence-electron chi connectivity index (χ0n) is 13.5. The van der Waals surface area contributed by atoms with Crippen molar-refractivity contribution in [1.82, 2.24) is 9.88 Å². The summed E-state index contributed by atoms with van der Waals surface area (Å²) in [6.07, 6.45) is 4.72. The zero-order chi connectivity index (χ0) is 15.6. The monoisotopic (exact) mass is 310 g/mol. The lowest BCUT2D eigenvalue weighted by Gasteiger charge is -2.29. The van der Waals surface area contributed by atoms with Crippen molar-refractivity contribution in [3.8, 4) is 0 Å². The first-order valence-corrected chi connectivity index (χ1v) is 8.62. The minimum absolute atomic E-state index is 0.0142. The van der Waals surface area contributed by atoms with Crippen LogP contribution >= 0.6 is 11.3 Å². The molecule has 1 saturated carbocycles. The third-order valence-electron chi connectivity index (χ3n) is 4.55. The maximum Gasteiger partial charge on any atom is 0.225 e. The lowest BCUT2D eigenvalue weighted by Crippen LogP contribution is -2.37. The van der Waals surface area contributed by atoms with Crippen molar-refractivity contribution >= 4 is 17.2 Å². The van der Waals surface area contributed by atoms with Crippen molar-refractivity contribution in [2.45, 2.75) is 70.9 Å². The molecule has 0 aliphatic heterocycles. The van der Waals surface area contributed by atoms with Crippen LogP contribution in [0.3, 0.4) is 0 Å².